The van der Waals surface area contributed by atoms with E-state index >= 15 is 0 Å². The number of ether oxygens (including phenoxy) is 2. The van der Waals surface area contributed by atoms with Gasteiger partial charge in [-0.1, -0.05) is 77.6 Å². The normalized spacial score (nSPS) is 13.0. The maximum absolute atomic E-state index is 13.7. The predicted molar refractivity (Wildman–Crippen MR) is 126 cm³/mol. The van der Waals surface area contributed by atoms with Crippen molar-refractivity contribution in [3.8, 4) is 0 Å². The van der Waals surface area contributed by atoms with Crippen LogP contribution >= 0.6 is 0 Å². The van der Waals surface area contributed by atoms with Crippen molar-refractivity contribution in [2.45, 2.75) is 116 Å². The summed E-state index contributed by atoms with van der Waals surface area (Å²) in [5.41, 5.74) is -0.715. The number of methoxy groups -OCH3 is 2. The van der Waals surface area contributed by atoms with Crippen molar-refractivity contribution in [1.29, 1.82) is 0 Å². The van der Waals surface area contributed by atoms with Gasteiger partial charge >= 0.3 is 0 Å². The quantitative estimate of drug-likeness (QED) is 0.0628. The molecule has 1 unspecified atom stereocenters. The zero-order valence-corrected chi connectivity index (χ0v) is 21.4. The lowest BCUT2D eigenvalue weighted by atomic mass is 9.87. The summed E-state index contributed by atoms with van der Waals surface area (Å²) >= 11 is 0. The minimum Gasteiger partial charge on any atom is -0.353 e. The van der Waals surface area contributed by atoms with Crippen molar-refractivity contribution in [2.75, 3.05) is 14.2 Å². The molecule has 0 saturated heterocycles. The SMILES string of the molecule is CCCCCCCCC(CCCCCCCCc1c(F)c(F)c(F)c(F)c1F)C(C)(OC)OC. The summed E-state index contributed by atoms with van der Waals surface area (Å²) in [5.74, 6) is -9.57. The van der Waals surface area contributed by atoms with E-state index in [4.69, 9.17) is 9.47 Å². The van der Waals surface area contributed by atoms with Crippen molar-refractivity contribution in [3.05, 3.63) is 34.6 Å². The summed E-state index contributed by atoms with van der Waals surface area (Å²) in [4.78, 5) is 0. The van der Waals surface area contributed by atoms with Gasteiger partial charge in [-0.15, -0.1) is 0 Å². The Hall–Kier alpha value is -1.21. The number of halogens is 5. The molecular weight excluding hydrogens is 451 g/mol. The van der Waals surface area contributed by atoms with E-state index in [2.05, 4.69) is 6.92 Å². The van der Waals surface area contributed by atoms with Gasteiger partial charge in [-0.05, 0) is 32.6 Å². The molecule has 0 amide bonds. The van der Waals surface area contributed by atoms with Gasteiger partial charge in [0.05, 0.1) is 0 Å². The van der Waals surface area contributed by atoms with E-state index < -0.39 is 40.4 Å². The fourth-order valence-electron chi connectivity index (χ4n) is 4.53. The summed E-state index contributed by atoms with van der Waals surface area (Å²) in [7, 11) is 3.37. The van der Waals surface area contributed by atoms with Crippen LogP contribution in [0.25, 0.3) is 0 Å². The molecule has 0 heterocycles. The highest BCUT2D eigenvalue weighted by Gasteiger charge is 2.33. The second kappa shape index (κ2) is 16.5. The molecule has 0 aromatic heterocycles. The Labute approximate surface area is 202 Å². The predicted octanol–water partition coefficient (Wildman–Crippen LogP) is 9.03. The maximum atomic E-state index is 13.7. The van der Waals surface area contributed by atoms with Crippen LogP contribution in [0.2, 0.25) is 0 Å². The number of hydrogen-bond acceptors (Lipinski definition) is 2. The lowest BCUT2D eigenvalue weighted by molar-refractivity contribution is -0.230. The molecule has 34 heavy (non-hydrogen) atoms. The molecule has 0 aliphatic heterocycles. The lowest BCUT2D eigenvalue weighted by Crippen LogP contribution is -2.39. The first-order chi connectivity index (χ1) is 16.2. The van der Waals surface area contributed by atoms with Crippen molar-refractivity contribution in [1.82, 2.24) is 0 Å². The first-order valence-corrected chi connectivity index (χ1v) is 12.8. The molecule has 7 heteroatoms. The third kappa shape index (κ3) is 9.44. The second-order valence-corrected chi connectivity index (χ2v) is 9.39. The average molecular weight is 495 g/mol. The molecule has 0 radical (unpaired) electrons. The molecule has 1 atom stereocenters. The zero-order valence-electron chi connectivity index (χ0n) is 21.4. The molecule has 0 saturated carbocycles. The average Bonchev–Trinajstić information content (AvgIpc) is 2.85. The highest BCUT2D eigenvalue weighted by Crippen LogP contribution is 2.32. The Morgan fingerprint density at radius 2 is 0.971 bits per heavy atom. The van der Waals surface area contributed by atoms with Gasteiger partial charge in [0.1, 0.15) is 0 Å². The first-order valence-electron chi connectivity index (χ1n) is 12.8. The number of benzene rings is 1. The topological polar surface area (TPSA) is 18.5 Å². The van der Waals surface area contributed by atoms with Crippen molar-refractivity contribution in [2.24, 2.45) is 5.92 Å². The van der Waals surface area contributed by atoms with Gasteiger partial charge < -0.3 is 9.47 Å². The van der Waals surface area contributed by atoms with Crippen LogP contribution in [-0.2, 0) is 15.9 Å². The van der Waals surface area contributed by atoms with Gasteiger partial charge in [-0.2, -0.15) is 0 Å². The van der Waals surface area contributed by atoms with Gasteiger partial charge in [0.2, 0.25) is 5.82 Å². The molecule has 1 aromatic rings. The second-order valence-electron chi connectivity index (χ2n) is 9.39. The largest absolute Gasteiger partial charge is 0.353 e. The highest BCUT2D eigenvalue weighted by molar-refractivity contribution is 5.24. The van der Waals surface area contributed by atoms with Crippen LogP contribution in [0.4, 0.5) is 22.0 Å². The van der Waals surface area contributed by atoms with Gasteiger partial charge in [0.15, 0.2) is 29.1 Å². The van der Waals surface area contributed by atoms with Gasteiger partial charge in [-0.3, -0.25) is 0 Å². The van der Waals surface area contributed by atoms with Crippen molar-refractivity contribution >= 4 is 0 Å². The van der Waals surface area contributed by atoms with Crippen LogP contribution < -0.4 is 0 Å². The molecule has 0 N–H and O–H groups in total. The standard InChI is InChI=1S/C27H43F5O2/c1-5-6-7-8-11-14-17-20(27(2,33-3)34-4)18-15-12-9-10-13-16-19-21-22(28)24(30)26(32)25(31)23(21)29/h20H,5-19H2,1-4H3. The molecule has 2 nitrogen and oxygen atoms in total. The molecule has 0 aliphatic carbocycles. The first kappa shape index (κ1) is 30.8. The van der Waals surface area contributed by atoms with Crippen LogP contribution in [0, 0.1) is 35.0 Å². The summed E-state index contributed by atoms with van der Waals surface area (Å²) in [6.07, 6.45) is 14.3. The summed E-state index contributed by atoms with van der Waals surface area (Å²) in [5, 5.41) is 0. The van der Waals surface area contributed by atoms with Crippen LogP contribution in [0.15, 0.2) is 0 Å². The van der Waals surface area contributed by atoms with E-state index in [9.17, 15) is 22.0 Å². The molecule has 0 fully saturated rings. The summed E-state index contributed by atoms with van der Waals surface area (Å²) < 4.78 is 78.5. The van der Waals surface area contributed by atoms with Crippen molar-refractivity contribution in [3.63, 3.8) is 0 Å². The molecule has 198 valence electrons. The molecular formula is C27H43F5O2. The van der Waals surface area contributed by atoms with Crippen LogP contribution in [0.5, 0.6) is 0 Å². The monoisotopic (exact) mass is 494 g/mol. The molecule has 1 aromatic carbocycles. The van der Waals surface area contributed by atoms with E-state index in [1.165, 1.54) is 32.1 Å². The minimum absolute atomic E-state index is 0.161. The number of hydrogen-bond donors (Lipinski definition) is 0. The minimum atomic E-state index is -2.11. The van der Waals surface area contributed by atoms with Crippen LogP contribution in [-0.4, -0.2) is 20.0 Å². The number of rotatable bonds is 19. The highest BCUT2D eigenvalue weighted by atomic mass is 19.2. The Morgan fingerprint density at radius 1 is 0.588 bits per heavy atom. The Morgan fingerprint density at radius 3 is 1.41 bits per heavy atom. The molecule has 0 bridgehead atoms. The van der Waals surface area contributed by atoms with Crippen LogP contribution in [0.1, 0.15) is 109 Å². The third-order valence-corrected chi connectivity index (χ3v) is 6.99. The summed E-state index contributed by atoms with van der Waals surface area (Å²) in [6, 6.07) is 0. The maximum Gasteiger partial charge on any atom is 0.200 e. The Balaban J connectivity index is 2.36. The Bertz CT molecular complexity index is 678. The molecule has 0 spiro atoms. The van der Waals surface area contributed by atoms with E-state index in [0.717, 1.165) is 44.9 Å². The van der Waals surface area contributed by atoms with E-state index in [1.807, 2.05) is 6.92 Å². The van der Waals surface area contributed by atoms with Crippen LogP contribution in [0.3, 0.4) is 0 Å². The zero-order chi connectivity index (χ0) is 25.6. The molecule has 1 rings (SSSR count). The van der Waals surface area contributed by atoms with Gasteiger partial charge in [0, 0.05) is 25.7 Å². The summed E-state index contributed by atoms with van der Waals surface area (Å²) in [6.45, 7) is 4.21. The van der Waals surface area contributed by atoms with Gasteiger partial charge in [-0.25, -0.2) is 22.0 Å². The fourth-order valence-corrected chi connectivity index (χ4v) is 4.53. The Kier molecular flexibility index (Phi) is 14.9. The third-order valence-electron chi connectivity index (χ3n) is 6.99. The molecule has 0 aliphatic rings. The van der Waals surface area contributed by atoms with Crippen molar-refractivity contribution < 1.29 is 31.4 Å². The van der Waals surface area contributed by atoms with E-state index in [-0.39, 0.29) is 6.42 Å². The number of unbranched alkanes of at least 4 members (excludes halogenated alkanes) is 10. The fraction of sp³-hybridized carbons (Fsp3) is 0.778. The van der Waals surface area contributed by atoms with E-state index in [0.29, 0.717) is 18.8 Å². The van der Waals surface area contributed by atoms with E-state index in [1.54, 1.807) is 14.2 Å². The van der Waals surface area contributed by atoms with Gasteiger partial charge in [0.25, 0.3) is 0 Å². The smallest absolute Gasteiger partial charge is 0.200 e. The lowest BCUT2D eigenvalue weighted by Gasteiger charge is -2.35.